The van der Waals surface area contributed by atoms with Gasteiger partial charge in [0.15, 0.2) is 0 Å². The lowest BCUT2D eigenvalue weighted by molar-refractivity contribution is 0.426. The topological polar surface area (TPSA) is 66.2 Å². The van der Waals surface area contributed by atoms with Gasteiger partial charge in [-0.1, -0.05) is 66.7 Å². The summed E-state index contributed by atoms with van der Waals surface area (Å²) in [6.07, 6.45) is 7.15. The standard InChI is InChI=1S/C11H9N.C6H7BO2.C5H4BrN/c1-2-5-10(6-3-1)11-7-4-8-12-9-11;8-7(9)6-4-2-1-3-5-6;6-5-2-1-3-7-4-5/h1-9H;1-5,8-9H;1-4H. The van der Waals surface area contributed by atoms with Crippen molar-refractivity contribution in [3.8, 4) is 11.1 Å². The molecule has 0 fully saturated rings. The minimum absolute atomic E-state index is 0.525. The summed E-state index contributed by atoms with van der Waals surface area (Å²) in [6.45, 7) is 0. The lowest BCUT2D eigenvalue weighted by Crippen LogP contribution is -2.29. The van der Waals surface area contributed by atoms with Crippen molar-refractivity contribution in [2.75, 3.05) is 0 Å². The Labute approximate surface area is 173 Å². The number of hydrogen-bond donors (Lipinski definition) is 2. The van der Waals surface area contributed by atoms with E-state index in [4.69, 9.17) is 10.0 Å². The molecule has 6 heteroatoms. The fourth-order valence-electron chi connectivity index (χ4n) is 2.13. The molecule has 2 aromatic heterocycles. The first-order valence-electron chi connectivity index (χ1n) is 8.59. The number of halogens is 1. The van der Waals surface area contributed by atoms with Crippen molar-refractivity contribution in [1.29, 1.82) is 0 Å². The molecule has 0 saturated heterocycles. The van der Waals surface area contributed by atoms with Crippen LogP contribution < -0.4 is 5.46 Å². The Hall–Kier alpha value is -2.80. The van der Waals surface area contributed by atoms with E-state index in [0.29, 0.717) is 5.46 Å². The molecule has 2 heterocycles. The molecule has 0 aliphatic rings. The third-order valence-electron chi connectivity index (χ3n) is 3.49. The second-order valence-corrected chi connectivity index (χ2v) is 6.48. The van der Waals surface area contributed by atoms with Crippen molar-refractivity contribution in [2.24, 2.45) is 0 Å². The van der Waals surface area contributed by atoms with Crippen LogP contribution in [0.15, 0.2) is 114 Å². The summed E-state index contributed by atoms with van der Waals surface area (Å²) in [6, 6.07) is 26.7. The largest absolute Gasteiger partial charge is 0.488 e. The maximum Gasteiger partial charge on any atom is 0.488 e. The van der Waals surface area contributed by atoms with E-state index in [1.807, 2.05) is 48.7 Å². The van der Waals surface area contributed by atoms with E-state index in [0.717, 1.165) is 10.0 Å². The smallest absolute Gasteiger partial charge is 0.423 e. The molecule has 0 bridgehead atoms. The maximum absolute atomic E-state index is 8.58. The Bertz CT molecular complexity index is 859. The van der Waals surface area contributed by atoms with Crippen molar-refractivity contribution >= 4 is 28.5 Å². The van der Waals surface area contributed by atoms with Gasteiger partial charge < -0.3 is 10.0 Å². The van der Waals surface area contributed by atoms with Crippen molar-refractivity contribution < 1.29 is 10.0 Å². The normalized spacial score (nSPS) is 9.25. The van der Waals surface area contributed by atoms with Crippen LogP contribution in [-0.4, -0.2) is 27.1 Å². The Morgan fingerprint density at radius 3 is 1.54 bits per heavy atom. The lowest BCUT2D eigenvalue weighted by Gasteiger charge is -1.97. The lowest BCUT2D eigenvalue weighted by atomic mass is 9.81. The van der Waals surface area contributed by atoms with Gasteiger partial charge in [-0.25, -0.2) is 0 Å². The van der Waals surface area contributed by atoms with Crippen LogP contribution in [0, 0.1) is 0 Å². The van der Waals surface area contributed by atoms with Crippen LogP contribution >= 0.6 is 15.9 Å². The van der Waals surface area contributed by atoms with E-state index in [9.17, 15) is 0 Å². The molecule has 0 radical (unpaired) electrons. The van der Waals surface area contributed by atoms with Crippen LogP contribution in [0.25, 0.3) is 11.1 Å². The average molecular weight is 435 g/mol. The highest BCUT2D eigenvalue weighted by molar-refractivity contribution is 9.10. The minimum Gasteiger partial charge on any atom is -0.423 e. The summed E-state index contributed by atoms with van der Waals surface area (Å²) in [5.74, 6) is 0. The highest BCUT2D eigenvalue weighted by atomic mass is 79.9. The van der Waals surface area contributed by atoms with Crippen LogP contribution in [-0.2, 0) is 0 Å². The minimum atomic E-state index is -1.34. The first-order chi connectivity index (χ1) is 13.7. The third-order valence-corrected chi connectivity index (χ3v) is 3.96. The molecule has 0 aliphatic carbocycles. The number of pyridine rings is 2. The summed E-state index contributed by atoms with van der Waals surface area (Å²) >= 11 is 3.25. The molecule has 4 aromatic rings. The predicted octanol–water partition coefficient (Wildman–Crippen LogP) is 3.96. The zero-order valence-electron chi connectivity index (χ0n) is 15.1. The molecule has 0 saturated carbocycles. The number of benzene rings is 2. The highest BCUT2D eigenvalue weighted by Gasteiger charge is 2.07. The molecule has 0 unspecified atom stereocenters. The van der Waals surface area contributed by atoms with Crippen LogP contribution in [0.5, 0.6) is 0 Å². The quantitative estimate of drug-likeness (QED) is 0.468. The van der Waals surface area contributed by atoms with Crippen LogP contribution in [0.2, 0.25) is 0 Å². The van der Waals surface area contributed by atoms with Crippen molar-refractivity contribution in [3.63, 3.8) is 0 Å². The van der Waals surface area contributed by atoms with Gasteiger partial charge >= 0.3 is 7.12 Å². The highest BCUT2D eigenvalue weighted by Crippen LogP contribution is 2.16. The Kier molecular flexibility index (Phi) is 9.65. The van der Waals surface area contributed by atoms with Gasteiger partial charge in [-0.3, -0.25) is 9.97 Å². The van der Waals surface area contributed by atoms with E-state index >= 15 is 0 Å². The molecular weight excluding hydrogens is 415 g/mol. The number of nitrogens with zero attached hydrogens (tertiary/aromatic N) is 2. The molecule has 4 nitrogen and oxygen atoms in total. The Morgan fingerprint density at radius 1 is 0.607 bits per heavy atom. The van der Waals surface area contributed by atoms with Crippen molar-refractivity contribution in [3.05, 3.63) is 114 Å². The fraction of sp³-hybridized carbons (Fsp3) is 0. The predicted molar refractivity (Wildman–Crippen MR) is 118 cm³/mol. The SMILES string of the molecule is Brc1cccnc1.OB(O)c1ccccc1.c1ccc(-c2cccnc2)cc1. The zero-order chi connectivity index (χ0) is 20.0. The van der Waals surface area contributed by atoms with Gasteiger partial charge in [0.25, 0.3) is 0 Å². The second-order valence-electron chi connectivity index (χ2n) is 5.56. The summed E-state index contributed by atoms with van der Waals surface area (Å²) in [4.78, 5) is 7.90. The molecule has 0 atom stereocenters. The van der Waals surface area contributed by atoms with E-state index in [1.54, 1.807) is 42.9 Å². The van der Waals surface area contributed by atoms with Crippen LogP contribution in [0.1, 0.15) is 0 Å². The number of hydrogen-bond acceptors (Lipinski definition) is 4. The summed E-state index contributed by atoms with van der Waals surface area (Å²) in [5.41, 5.74) is 2.90. The van der Waals surface area contributed by atoms with Crippen LogP contribution in [0.3, 0.4) is 0 Å². The summed E-state index contributed by atoms with van der Waals surface area (Å²) in [7, 11) is -1.34. The van der Waals surface area contributed by atoms with E-state index < -0.39 is 7.12 Å². The van der Waals surface area contributed by atoms with Crippen molar-refractivity contribution in [1.82, 2.24) is 9.97 Å². The zero-order valence-corrected chi connectivity index (χ0v) is 16.7. The van der Waals surface area contributed by atoms with Gasteiger partial charge in [-0.2, -0.15) is 0 Å². The molecular formula is C22H20BBrN2O2. The van der Waals surface area contributed by atoms with Gasteiger partial charge in [0.05, 0.1) is 0 Å². The molecule has 2 aromatic carbocycles. The molecule has 0 amide bonds. The monoisotopic (exact) mass is 434 g/mol. The second kappa shape index (κ2) is 12.6. The molecule has 4 rings (SSSR count). The van der Waals surface area contributed by atoms with E-state index in [1.165, 1.54) is 5.56 Å². The first-order valence-corrected chi connectivity index (χ1v) is 9.38. The van der Waals surface area contributed by atoms with E-state index in [2.05, 4.69) is 44.1 Å². The summed E-state index contributed by atoms with van der Waals surface area (Å²) < 4.78 is 1.02. The molecule has 0 spiro atoms. The fourth-order valence-corrected chi connectivity index (χ4v) is 2.40. The van der Waals surface area contributed by atoms with Gasteiger partial charge in [0.2, 0.25) is 0 Å². The van der Waals surface area contributed by atoms with Gasteiger partial charge in [0, 0.05) is 29.3 Å². The molecule has 28 heavy (non-hydrogen) atoms. The molecule has 2 N–H and O–H groups in total. The Balaban J connectivity index is 0.000000157. The van der Waals surface area contributed by atoms with Crippen LogP contribution in [0.4, 0.5) is 0 Å². The van der Waals surface area contributed by atoms with E-state index in [-0.39, 0.29) is 0 Å². The van der Waals surface area contributed by atoms with Gasteiger partial charge in [-0.15, -0.1) is 0 Å². The van der Waals surface area contributed by atoms with Gasteiger partial charge in [0.1, 0.15) is 0 Å². The maximum atomic E-state index is 8.58. The average Bonchev–Trinajstić information content (AvgIpc) is 2.77. The first kappa shape index (κ1) is 21.5. The summed E-state index contributed by atoms with van der Waals surface area (Å²) in [5, 5.41) is 17.2. The third kappa shape index (κ3) is 8.27. The molecule has 140 valence electrons. The van der Waals surface area contributed by atoms with Crippen molar-refractivity contribution in [2.45, 2.75) is 0 Å². The number of rotatable bonds is 2. The number of aromatic nitrogens is 2. The van der Waals surface area contributed by atoms with Gasteiger partial charge in [-0.05, 0) is 50.7 Å². The Morgan fingerprint density at radius 2 is 1.14 bits per heavy atom. The molecule has 0 aliphatic heterocycles.